The average molecular weight is 447 g/mol. The molecule has 1 N–H and O–H groups in total. The van der Waals surface area contributed by atoms with Crippen molar-refractivity contribution in [1.29, 1.82) is 0 Å². The van der Waals surface area contributed by atoms with Crippen LogP contribution in [-0.4, -0.2) is 31.1 Å². The van der Waals surface area contributed by atoms with Gasteiger partial charge in [-0.15, -0.1) is 0 Å². The van der Waals surface area contributed by atoms with Gasteiger partial charge in [0.15, 0.2) is 11.5 Å². The largest absolute Gasteiger partial charge is 0.493 e. The molecule has 3 rings (SSSR count). The molecule has 7 heteroatoms. The number of aromatic nitrogens is 1. The summed E-state index contributed by atoms with van der Waals surface area (Å²) in [7, 11) is 3.16. The van der Waals surface area contributed by atoms with Crippen molar-refractivity contribution in [2.75, 3.05) is 19.5 Å². The zero-order valence-corrected chi connectivity index (χ0v) is 18.8. The highest BCUT2D eigenvalue weighted by atomic mass is 16.5. The Bertz CT molecular complexity index is 1140. The van der Waals surface area contributed by atoms with Crippen LogP contribution in [0.25, 0.3) is 12.2 Å². The van der Waals surface area contributed by atoms with Crippen molar-refractivity contribution in [2.45, 2.75) is 19.8 Å². The Morgan fingerprint density at radius 3 is 2.33 bits per heavy atom. The number of anilines is 1. The number of hydrogen-bond acceptors (Lipinski definition) is 6. The van der Waals surface area contributed by atoms with E-state index in [2.05, 4.69) is 10.3 Å². The second-order valence-electron chi connectivity index (χ2n) is 7.22. The third-order valence-corrected chi connectivity index (χ3v) is 4.73. The first-order chi connectivity index (χ1) is 16.0. The van der Waals surface area contributed by atoms with Gasteiger partial charge in [0.2, 0.25) is 5.91 Å². The summed E-state index contributed by atoms with van der Waals surface area (Å²) in [5, 5.41) is 2.66. The molecule has 3 aromatic rings. The van der Waals surface area contributed by atoms with Crippen molar-refractivity contribution in [3.63, 3.8) is 0 Å². The lowest BCUT2D eigenvalue weighted by Gasteiger charge is -2.09. The molecular weight excluding hydrogens is 420 g/mol. The van der Waals surface area contributed by atoms with Gasteiger partial charge in [0.1, 0.15) is 11.6 Å². The summed E-state index contributed by atoms with van der Waals surface area (Å²) in [5.74, 6) is 1.79. The van der Waals surface area contributed by atoms with Crippen LogP contribution in [0.5, 0.6) is 17.2 Å². The molecule has 0 saturated heterocycles. The predicted octanol–water partition coefficient (Wildman–Crippen LogP) is 4.77. The van der Waals surface area contributed by atoms with E-state index >= 15 is 0 Å². The van der Waals surface area contributed by atoms with Crippen LogP contribution < -0.4 is 19.5 Å². The normalized spacial score (nSPS) is 10.6. The van der Waals surface area contributed by atoms with Crippen molar-refractivity contribution in [3.8, 4) is 17.2 Å². The number of ether oxygens (including phenoxy) is 3. The van der Waals surface area contributed by atoms with Gasteiger partial charge in [0.25, 0.3) is 0 Å². The fourth-order valence-electron chi connectivity index (χ4n) is 3.10. The lowest BCUT2D eigenvalue weighted by molar-refractivity contribution is -0.134. The lowest BCUT2D eigenvalue weighted by Crippen LogP contribution is -2.09. The molecule has 2 aromatic carbocycles. The molecule has 0 radical (unpaired) electrons. The molecular formula is C26H26N2O5. The van der Waals surface area contributed by atoms with E-state index in [-0.39, 0.29) is 18.3 Å². The third kappa shape index (κ3) is 7.21. The molecule has 0 aliphatic carbocycles. The van der Waals surface area contributed by atoms with E-state index in [1.165, 1.54) is 6.92 Å². The molecule has 0 bridgehead atoms. The Hall–Kier alpha value is -4.13. The number of benzene rings is 2. The SMILES string of the molecule is COc1ccc(CCC(=O)Oc2ccc(/C=C/c3ccnc(NC(C)=O)c3)cc2)cc1OC. The first kappa shape index (κ1) is 23.5. The molecule has 0 atom stereocenters. The minimum Gasteiger partial charge on any atom is -0.493 e. The summed E-state index contributed by atoms with van der Waals surface area (Å²) in [6.45, 7) is 1.44. The van der Waals surface area contributed by atoms with Crippen molar-refractivity contribution >= 4 is 29.8 Å². The summed E-state index contributed by atoms with van der Waals surface area (Å²) in [4.78, 5) is 27.5. The van der Waals surface area contributed by atoms with Gasteiger partial charge in [0, 0.05) is 19.5 Å². The number of amides is 1. The van der Waals surface area contributed by atoms with E-state index < -0.39 is 0 Å². The van der Waals surface area contributed by atoms with E-state index in [1.807, 2.05) is 48.6 Å². The number of esters is 1. The number of methoxy groups -OCH3 is 2. The Morgan fingerprint density at radius 1 is 0.909 bits per heavy atom. The van der Waals surface area contributed by atoms with Gasteiger partial charge in [-0.1, -0.05) is 30.4 Å². The molecule has 33 heavy (non-hydrogen) atoms. The summed E-state index contributed by atoms with van der Waals surface area (Å²) < 4.78 is 16.0. The number of pyridine rings is 1. The number of carbonyl (C=O) groups excluding carboxylic acids is 2. The molecule has 170 valence electrons. The Kier molecular flexibility index (Phi) is 8.18. The number of nitrogens with zero attached hydrogens (tertiary/aromatic N) is 1. The van der Waals surface area contributed by atoms with Gasteiger partial charge < -0.3 is 19.5 Å². The van der Waals surface area contributed by atoms with E-state index in [1.54, 1.807) is 38.6 Å². The Balaban J connectivity index is 1.53. The maximum atomic E-state index is 12.2. The van der Waals surface area contributed by atoms with Crippen LogP contribution in [0.3, 0.4) is 0 Å². The topological polar surface area (TPSA) is 86.8 Å². The quantitative estimate of drug-likeness (QED) is 0.377. The molecule has 0 spiro atoms. The molecule has 7 nitrogen and oxygen atoms in total. The highest BCUT2D eigenvalue weighted by Crippen LogP contribution is 2.28. The molecule has 0 aliphatic heterocycles. The molecule has 1 aromatic heterocycles. The monoisotopic (exact) mass is 446 g/mol. The van der Waals surface area contributed by atoms with E-state index in [0.29, 0.717) is 29.5 Å². The molecule has 0 saturated carbocycles. The highest BCUT2D eigenvalue weighted by Gasteiger charge is 2.09. The van der Waals surface area contributed by atoms with E-state index in [4.69, 9.17) is 14.2 Å². The van der Waals surface area contributed by atoms with Gasteiger partial charge in [0.05, 0.1) is 14.2 Å². The standard InChI is InChI=1S/C26H26N2O5/c1-18(29)28-25-17-21(14-15-27-25)5-4-19-6-10-22(11-7-19)33-26(30)13-9-20-8-12-23(31-2)24(16-20)32-3/h4-8,10-12,14-17H,9,13H2,1-3H3,(H,27,28,29)/b5-4+. The Morgan fingerprint density at radius 2 is 1.64 bits per heavy atom. The van der Waals surface area contributed by atoms with E-state index in [9.17, 15) is 9.59 Å². The smallest absolute Gasteiger partial charge is 0.311 e. The fraction of sp³-hybridized carbons (Fsp3) is 0.192. The van der Waals surface area contributed by atoms with Gasteiger partial charge in [-0.05, 0) is 59.5 Å². The number of nitrogens with one attached hydrogen (secondary N) is 1. The fourth-order valence-corrected chi connectivity index (χ4v) is 3.10. The number of hydrogen-bond donors (Lipinski definition) is 1. The van der Waals surface area contributed by atoms with Crippen molar-refractivity contribution < 1.29 is 23.8 Å². The summed E-state index contributed by atoms with van der Waals surface area (Å²) in [6, 6.07) is 16.4. The van der Waals surface area contributed by atoms with Crippen molar-refractivity contribution in [3.05, 3.63) is 77.5 Å². The maximum absolute atomic E-state index is 12.2. The molecule has 1 amide bonds. The summed E-state index contributed by atoms with van der Waals surface area (Å²) >= 11 is 0. The van der Waals surface area contributed by atoms with Gasteiger partial charge in [-0.2, -0.15) is 0 Å². The average Bonchev–Trinajstić information content (AvgIpc) is 2.82. The minimum atomic E-state index is -0.310. The second-order valence-corrected chi connectivity index (χ2v) is 7.22. The van der Waals surface area contributed by atoms with Gasteiger partial charge in [-0.3, -0.25) is 9.59 Å². The van der Waals surface area contributed by atoms with Crippen LogP contribution in [0.2, 0.25) is 0 Å². The van der Waals surface area contributed by atoms with Crippen LogP contribution in [-0.2, 0) is 16.0 Å². The van der Waals surface area contributed by atoms with Crippen LogP contribution >= 0.6 is 0 Å². The first-order valence-corrected chi connectivity index (χ1v) is 10.4. The highest BCUT2D eigenvalue weighted by molar-refractivity contribution is 5.88. The predicted molar refractivity (Wildman–Crippen MR) is 127 cm³/mol. The number of rotatable bonds is 9. The Labute approximate surface area is 193 Å². The van der Waals surface area contributed by atoms with Crippen LogP contribution in [0.1, 0.15) is 30.0 Å². The van der Waals surface area contributed by atoms with Crippen LogP contribution in [0, 0.1) is 0 Å². The third-order valence-electron chi connectivity index (χ3n) is 4.73. The minimum absolute atomic E-state index is 0.169. The first-order valence-electron chi connectivity index (χ1n) is 10.4. The van der Waals surface area contributed by atoms with Crippen molar-refractivity contribution in [2.24, 2.45) is 0 Å². The zero-order chi connectivity index (χ0) is 23.6. The maximum Gasteiger partial charge on any atom is 0.311 e. The summed E-state index contributed by atoms with van der Waals surface area (Å²) in [5.41, 5.74) is 2.81. The van der Waals surface area contributed by atoms with Crippen LogP contribution in [0.15, 0.2) is 60.8 Å². The molecule has 0 aliphatic rings. The van der Waals surface area contributed by atoms with Crippen molar-refractivity contribution in [1.82, 2.24) is 4.98 Å². The van der Waals surface area contributed by atoms with E-state index in [0.717, 1.165) is 16.7 Å². The lowest BCUT2D eigenvalue weighted by atomic mass is 10.1. The molecule has 0 fully saturated rings. The van der Waals surface area contributed by atoms with Crippen LogP contribution in [0.4, 0.5) is 5.82 Å². The molecule has 1 heterocycles. The van der Waals surface area contributed by atoms with Gasteiger partial charge in [-0.25, -0.2) is 4.98 Å². The summed E-state index contributed by atoms with van der Waals surface area (Å²) in [6.07, 6.45) is 6.25. The zero-order valence-electron chi connectivity index (χ0n) is 18.8. The number of aryl methyl sites for hydroxylation is 1. The van der Waals surface area contributed by atoms with Gasteiger partial charge >= 0.3 is 5.97 Å². The number of carbonyl (C=O) groups is 2. The molecule has 0 unspecified atom stereocenters. The second kappa shape index (κ2) is 11.5.